The summed E-state index contributed by atoms with van der Waals surface area (Å²) in [6, 6.07) is 5.28. The maximum Gasteiger partial charge on any atom is 0.225 e. The van der Waals surface area contributed by atoms with Crippen LogP contribution in [0, 0.1) is 17.3 Å². The number of ether oxygens (including phenoxy) is 1. The second-order valence-corrected chi connectivity index (χ2v) is 10.6. The molecule has 4 aliphatic carbocycles. The van der Waals surface area contributed by atoms with Crippen molar-refractivity contribution in [1.82, 2.24) is 0 Å². The highest BCUT2D eigenvalue weighted by molar-refractivity contribution is 9.10. The maximum absolute atomic E-state index is 12.9. The molecule has 4 aliphatic rings. The number of halogens is 1. The number of hydrogen-bond acceptors (Lipinski definition) is 3. The van der Waals surface area contributed by atoms with Gasteiger partial charge in [0.1, 0.15) is 5.75 Å². The lowest BCUT2D eigenvalue weighted by Crippen LogP contribution is -2.53. The van der Waals surface area contributed by atoms with Crippen LogP contribution in [-0.2, 0) is 9.59 Å². The van der Waals surface area contributed by atoms with E-state index in [0.717, 1.165) is 18.3 Å². The summed E-state index contributed by atoms with van der Waals surface area (Å²) in [4.78, 5) is 24.2. The molecule has 4 bridgehead atoms. The fourth-order valence-electron chi connectivity index (χ4n) is 6.16. The first-order valence-electron chi connectivity index (χ1n) is 9.73. The number of anilines is 2. The fourth-order valence-corrected chi connectivity index (χ4v) is 7.67. The van der Waals surface area contributed by atoms with E-state index in [1.165, 1.54) is 39.0 Å². The first kappa shape index (κ1) is 18.8. The number of hydrogen-bond donors (Lipinski definition) is 2. The zero-order chi connectivity index (χ0) is 19.2. The predicted molar refractivity (Wildman–Crippen MR) is 109 cm³/mol. The first-order chi connectivity index (χ1) is 12.8. The van der Waals surface area contributed by atoms with E-state index in [0.29, 0.717) is 23.5 Å². The molecule has 0 aliphatic heterocycles. The van der Waals surface area contributed by atoms with Crippen LogP contribution in [0.3, 0.4) is 0 Å². The number of carbonyl (C=O) groups is 2. The second kappa shape index (κ2) is 6.80. The smallest absolute Gasteiger partial charge is 0.225 e. The third-order valence-corrected chi connectivity index (χ3v) is 7.37. The first-order valence-corrected chi connectivity index (χ1v) is 10.5. The van der Waals surface area contributed by atoms with Gasteiger partial charge in [0.2, 0.25) is 11.8 Å². The molecule has 0 saturated heterocycles. The van der Waals surface area contributed by atoms with Crippen LogP contribution in [-0.4, -0.2) is 23.2 Å². The Bertz CT molecular complexity index is 765. The molecule has 2 unspecified atom stereocenters. The van der Waals surface area contributed by atoms with Gasteiger partial charge in [-0.3, -0.25) is 9.59 Å². The van der Waals surface area contributed by atoms with E-state index >= 15 is 0 Å². The number of methoxy groups -OCH3 is 1. The Labute approximate surface area is 168 Å². The Hall–Kier alpha value is -1.56. The summed E-state index contributed by atoms with van der Waals surface area (Å²) in [5.41, 5.74) is 1.38. The van der Waals surface area contributed by atoms with E-state index in [-0.39, 0.29) is 21.6 Å². The van der Waals surface area contributed by atoms with Crippen LogP contribution in [0.5, 0.6) is 5.75 Å². The summed E-state index contributed by atoms with van der Waals surface area (Å²) in [6.45, 7) is 1.46. The summed E-state index contributed by atoms with van der Waals surface area (Å²) in [6.07, 6.45) is 7.87. The molecule has 0 heterocycles. The van der Waals surface area contributed by atoms with Crippen LogP contribution < -0.4 is 15.4 Å². The molecule has 4 saturated carbocycles. The molecule has 0 aromatic heterocycles. The highest BCUT2D eigenvalue weighted by Crippen LogP contribution is 2.65. The van der Waals surface area contributed by atoms with Crippen LogP contribution in [0.25, 0.3) is 0 Å². The van der Waals surface area contributed by atoms with E-state index < -0.39 is 0 Å². The van der Waals surface area contributed by atoms with Crippen molar-refractivity contribution in [2.45, 2.75) is 56.2 Å². The molecular formula is C21H27BrN2O3. The molecule has 2 N–H and O–H groups in total. The van der Waals surface area contributed by atoms with Crippen molar-refractivity contribution in [1.29, 1.82) is 0 Å². The Balaban J connectivity index is 1.49. The number of rotatable bonds is 5. The Morgan fingerprint density at radius 3 is 2.48 bits per heavy atom. The molecule has 6 heteroatoms. The quantitative estimate of drug-likeness (QED) is 0.658. The van der Waals surface area contributed by atoms with E-state index in [4.69, 9.17) is 4.74 Å². The van der Waals surface area contributed by atoms with Gasteiger partial charge in [0.25, 0.3) is 0 Å². The average Bonchev–Trinajstić information content (AvgIpc) is 2.51. The minimum Gasteiger partial charge on any atom is -0.495 e. The van der Waals surface area contributed by atoms with Gasteiger partial charge in [-0.1, -0.05) is 15.9 Å². The van der Waals surface area contributed by atoms with Gasteiger partial charge in [0, 0.05) is 23.4 Å². The fraction of sp³-hybridized carbons (Fsp3) is 0.619. The van der Waals surface area contributed by atoms with E-state index in [1.54, 1.807) is 25.3 Å². The maximum atomic E-state index is 12.9. The van der Waals surface area contributed by atoms with Gasteiger partial charge >= 0.3 is 0 Å². The SMILES string of the molecule is COc1ccc(NC(C)=O)cc1NC(=O)CC12CC3CC(CC(Br)(C3)C1)C2. The molecule has 5 rings (SSSR count). The molecule has 146 valence electrons. The third kappa shape index (κ3) is 3.86. The van der Waals surface area contributed by atoms with E-state index in [2.05, 4.69) is 26.6 Å². The van der Waals surface area contributed by atoms with Crippen LogP contribution in [0.4, 0.5) is 11.4 Å². The van der Waals surface area contributed by atoms with Crippen molar-refractivity contribution in [2.75, 3.05) is 17.7 Å². The van der Waals surface area contributed by atoms with Crippen molar-refractivity contribution in [2.24, 2.45) is 17.3 Å². The average molecular weight is 435 g/mol. The number of alkyl halides is 1. The Morgan fingerprint density at radius 1 is 1.19 bits per heavy atom. The van der Waals surface area contributed by atoms with Gasteiger partial charge in [0.15, 0.2) is 0 Å². The number of carbonyl (C=O) groups excluding carboxylic acids is 2. The van der Waals surface area contributed by atoms with Gasteiger partial charge in [-0.05, 0) is 74.0 Å². The largest absolute Gasteiger partial charge is 0.495 e. The summed E-state index contributed by atoms with van der Waals surface area (Å²) < 4.78 is 5.63. The Morgan fingerprint density at radius 2 is 1.89 bits per heavy atom. The molecule has 0 radical (unpaired) electrons. The Kier molecular flexibility index (Phi) is 4.73. The van der Waals surface area contributed by atoms with E-state index in [1.807, 2.05) is 0 Å². The van der Waals surface area contributed by atoms with Crippen molar-refractivity contribution in [3.63, 3.8) is 0 Å². The highest BCUT2D eigenvalue weighted by Gasteiger charge is 2.57. The van der Waals surface area contributed by atoms with Crippen LogP contribution in [0.1, 0.15) is 51.9 Å². The van der Waals surface area contributed by atoms with Gasteiger partial charge in [-0.15, -0.1) is 0 Å². The highest BCUT2D eigenvalue weighted by atomic mass is 79.9. The van der Waals surface area contributed by atoms with Crippen LogP contribution in [0.2, 0.25) is 0 Å². The van der Waals surface area contributed by atoms with Gasteiger partial charge in [-0.2, -0.15) is 0 Å². The van der Waals surface area contributed by atoms with Crippen LogP contribution >= 0.6 is 15.9 Å². The zero-order valence-electron chi connectivity index (χ0n) is 15.9. The lowest BCUT2D eigenvalue weighted by atomic mass is 9.48. The molecule has 1 aromatic rings. The molecule has 2 amide bonds. The predicted octanol–water partition coefficient (Wildman–Crippen LogP) is 4.72. The lowest BCUT2D eigenvalue weighted by molar-refractivity contribution is -0.123. The number of benzene rings is 1. The van der Waals surface area contributed by atoms with Gasteiger partial charge < -0.3 is 15.4 Å². The summed E-state index contributed by atoms with van der Waals surface area (Å²) in [7, 11) is 1.58. The zero-order valence-corrected chi connectivity index (χ0v) is 17.5. The van der Waals surface area contributed by atoms with Crippen molar-refractivity contribution in [3.05, 3.63) is 18.2 Å². The summed E-state index contributed by atoms with van der Waals surface area (Å²) in [5, 5.41) is 5.78. The number of amides is 2. The third-order valence-electron chi connectivity index (χ3n) is 6.44. The second-order valence-electron chi connectivity index (χ2n) is 8.93. The topological polar surface area (TPSA) is 67.4 Å². The lowest BCUT2D eigenvalue weighted by Gasteiger charge is -2.60. The molecule has 2 atom stereocenters. The molecule has 0 spiro atoms. The summed E-state index contributed by atoms with van der Waals surface area (Å²) in [5.74, 6) is 2.01. The summed E-state index contributed by atoms with van der Waals surface area (Å²) >= 11 is 4.01. The van der Waals surface area contributed by atoms with Crippen molar-refractivity contribution >= 4 is 39.1 Å². The van der Waals surface area contributed by atoms with Gasteiger partial charge in [-0.25, -0.2) is 0 Å². The van der Waals surface area contributed by atoms with Crippen molar-refractivity contribution < 1.29 is 14.3 Å². The standard InChI is InChI=1S/C21H27BrN2O3/c1-13(25)23-16-3-4-18(27-2)17(6-16)24-19(26)11-20-7-14-5-15(8-20)10-21(22,9-14)12-20/h3-4,6,14-15H,5,7-12H2,1-2H3,(H,23,25)(H,24,26). The van der Waals surface area contributed by atoms with E-state index in [9.17, 15) is 9.59 Å². The normalized spacial score (nSPS) is 33.6. The minimum absolute atomic E-state index is 0.0336. The van der Waals surface area contributed by atoms with Crippen molar-refractivity contribution in [3.8, 4) is 5.75 Å². The minimum atomic E-state index is -0.145. The molecule has 27 heavy (non-hydrogen) atoms. The van der Waals surface area contributed by atoms with Crippen LogP contribution in [0.15, 0.2) is 18.2 Å². The number of nitrogens with one attached hydrogen (secondary N) is 2. The molecule has 5 nitrogen and oxygen atoms in total. The molecular weight excluding hydrogens is 408 g/mol. The molecule has 4 fully saturated rings. The van der Waals surface area contributed by atoms with Gasteiger partial charge in [0.05, 0.1) is 12.8 Å². The molecule has 1 aromatic carbocycles. The monoisotopic (exact) mass is 434 g/mol.